The normalized spacial score (nSPS) is 16.4. The lowest BCUT2D eigenvalue weighted by Crippen LogP contribution is -2.25. The SMILES string of the molecule is O=[N+]([O-])c1ccc(N2CCCCCC2)c(CO)c1. The molecule has 0 aromatic heterocycles. The maximum Gasteiger partial charge on any atom is 0.269 e. The molecule has 0 unspecified atom stereocenters. The third-order valence-corrected chi connectivity index (χ3v) is 3.39. The molecule has 0 aliphatic carbocycles. The number of hydrogen-bond acceptors (Lipinski definition) is 4. The Balaban J connectivity index is 2.28. The van der Waals surface area contributed by atoms with E-state index in [0.717, 1.165) is 31.6 Å². The van der Waals surface area contributed by atoms with Crippen LogP contribution in [-0.2, 0) is 6.61 Å². The van der Waals surface area contributed by atoms with Crippen molar-refractivity contribution in [3.63, 3.8) is 0 Å². The number of nitro benzene ring substituents is 1. The Kier molecular flexibility index (Phi) is 4.15. The van der Waals surface area contributed by atoms with Crippen molar-refractivity contribution < 1.29 is 10.0 Å². The molecular formula is C13H18N2O3. The summed E-state index contributed by atoms with van der Waals surface area (Å²) in [6, 6.07) is 4.74. The van der Waals surface area contributed by atoms with E-state index in [2.05, 4.69) is 4.90 Å². The standard InChI is InChI=1S/C13H18N2O3/c16-10-11-9-12(15(17)18)5-6-13(11)14-7-3-1-2-4-8-14/h5-6,9,16H,1-4,7-8,10H2. The van der Waals surface area contributed by atoms with Gasteiger partial charge in [0.1, 0.15) is 0 Å². The number of aliphatic hydroxyl groups is 1. The zero-order chi connectivity index (χ0) is 13.0. The highest BCUT2D eigenvalue weighted by atomic mass is 16.6. The van der Waals surface area contributed by atoms with Crippen molar-refractivity contribution in [1.82, 2.24) is 0 Å². The molecule has 0 atom stereocenters. The summed E-state index contributed by atoms with van der Waals surface area (Å²) in [5.74, 6) is 0. The van der Waals surface area contributed by atoms with E-state index in [4.69, 9.17) is 0 Å². The molecule has 0 saturated carbocycles. The Bertz CT molecular complexity index is 426. The van der Waals surface area contributed by atoms with Crippen LogP contribution in [0.2, 0.25) is 0 Å². The molecule has 5 nitrogen and oxygen atoms in total. The van der Waals surface area contributed by atoms with Gasteiger partial charge in [0.15, 0.2) is 0 Å². The molecule has 5 heteroatoms. The fourth-order valence-electron chi connectivity index (χ4n) is 2.43. The van der Waals surface area contributed by atoms with Crippen molar-refractivity contribution in [3.8, 4) is 0 Å². The van der Waals surface area contributed by atoms with E-state index in [1.54, 1.807) is 6.07 Å². The van der Waals surface area contributed by atoms with Gasteiger partial charge in [0.25, 0.3) is 5.69 Å². The first-order chi connectivity index (χ1) is 8.72. The van der Waals surface area contributed by atoms with E-state index in [1.807, 2.05) is 0 Å². The Morgan fingerprint density at radius 1 is 1.22 bits per heavy atom. The van der Waals surface area contributed by atoms with E-state index in [9.17, 15) is 15.2 Å². The molecule has 2 rings (SSSR count). The first kappa shape index (κ1) is 12.8. The number of anilines is 1. The first-order valence-electron chi connectivity index (χ1n) is 6.35. The maximum absolute atomic E-state index is 10.7. The van der Waals surface area contributed by atoms with Gasteiger partial charge in [-0.25, -0.2) is 0 Å². The molecule has 18 heavy (non-hydrogen) atoms. The predicted molar refractivity (Wildman–Crippen MR) is 69.7 cm³/mol. The highest BCUT2D eigenvalue weighted by Gasteiger charge is 2.16. The number of hydrogen-bond donors (Lipinski definition) is 1. The van der Waals surface area contributed by atoms with Crippen LogP contribution in [0, 0.1) is 10.1 Å². The molecule has 0 radical (unpaired) electrons. The fraction of sp³-hybridized carbons (Fsp3) is 0.538. The van der Waals surface area contributed by atoms with Gasteiger partial charge in [0.05, 0.1) is 11.5 Å². The van der Waals surface area contributed by atoms with E-state index in [0.29, 0.717) is 5.56 Å². The van der Waals surface area contributed by atoms with Crippen LogP contribution in [0.25, 0.3) is 0 Å². The zero-order valence-corrected chi connectivity index (χ0v) is 10.3. The highest BCUT2D eigenvalue weighted by Crippen LogP contribution is 2.27. The number of aliphatic hydroxyl groups excluding tert-OH is 1. The number of non-ortho nitro benzene ring substituents is 1. The first-order valence-corrected chi connectivity index (χ1v) is 6.35. The van der Waals surface area contributed by atoms with Crippen molar-refractivity contribution in [2.24, 2.45) is 0 Å². The molecule has 1 aromatic carbocycles. The molecule has 1 aliphatic rings. The lowest BCUT2D eigenvalue weighted by atomic mass is 10.1. The molecule has 1 saturated heterocycles. The van der Waals surface area contributed by atoms with Crippen LogP contribution in [0.1, 0.15) is 31.2 Å². The molecule has 1 heterocycles. The van der Waals surface area contributed by atoms with Crippen LogP contribution < -0.4 is 4.90 Å². The molecule has 1 N–H and O–H groups in total. The van der Waals surface area contributed by atoms with Crippen molar-refractivity contribution >= 4 is 11.4 Å². The molecular weight excluding hydrogens is 232 g/mol. The van der Waals surface area contributed by atoms with Crippen LogP contribution in [0.4, 0.5) is 11.4 Å². The van der Waals surface area contributed by atoms with Gasteiger partial charge in [-0.15, -0.1) is 0 Å². The lowest BCUT2D eigenvalue weighted by molar-refractivity contribution is -0.384. The monoisotopic (exact) mass is 250 g/mol. The van der Waals surface area contributed by atoms with Gasteiger partial charge in [-0.1, -0.05) is 12.8 Å². The van der Waals surface area contributed by atoms with Gasteiger partial charge >= 0.3 is 0 Å². The Morgan fingerprint density at radius 3 is 2.44 bits per heavy atom. The number of rotatable bonds is 3. The Morgan fingerprint density at radius 2 is 1.89 bits per heavy atom. The molecule has 1 aromatic rings. The lowest BCUT2D eigenvalue weighted by Gasteiger charge is -2.24. The second-order valence-electron chi connectivity index (χ2n) is 4.63. The van der Waals surface area contributed by atoms with E-state index < -0.39 is 4.92 Å². The minimum absolute atomic E-state index is 0.0395. The van der Waals surface area contributed by atoms with Gasteiger partial charge in [-0.2, -0.15) is 0 Å². The summed E-state index contributed by atoms with van der Waals surface area (Å²) in [5.41, 5.74) is 1.62. The summed E-state index contributed by atoms with van der Waals surface area (Å²) in [6.07, 6.45) is 4.75. The smallest absolute Gasteiger partial charge is 0.269 e. The predicted octanol–water partition coefficient (Wildman–Crippen LogP) is 2.47. The van der Waals surface area contributed by atoms with Gasteiger partial charge in [0.2, 0.25) is 0 Å². The Hall–Kier alpha value is -1.62. The number of benzene rings is 1. The van der Waals surface area contributed by atoms with Gasteiger partial charge < -0.3 is 10.0 Å². The van der Waals surface area contributed by atoms with Crippen LogP contribution in [-0.4, -0.2) is 23.1 Å². The summed E-state index contributed by atoms with van der Waals surface area (Å²) in [4.78, 5) is 12.5. The fourth-order valence-corrected chi connectivity index (χ4v) is 2.43. The Labute approximate surface area is 106 Å². The highest BCUT2D eigenvalue weighted by molar-refractivity contribution is 5.57. The van der Waals surface area contributed by atoms with Crippen LogP contribution in [0.5, 0.6) is 0 Å². The molecule has 98 valence electrons. The van der Waals surface area contributed by atoms with Gasteiger partial charge in [0, 0.05) is 36.5 Å². The van der Waals surface area contributed by atoms with E-state index in [1.165, 1.54) is 25.0 Å². The summed E-state index contributed by atoms with van der Waals surface area (Å²) >= 11 is 0. The second kappa shape index (κ2) is 5.82. The molecule has 0 amide bonds. The maximum atomic E-state index is 10.7. The van der Waals surface area contributed by atoms with Crippen molar-refractivity contribution in [3.05, 3.63) is 33.9 Å². The van der Waals surface area contributed by atoms with Crippen LogP contribution >= 0.6 is 0 Å². The van der Waals surface area contributed by atoms with Crippen LogP contribution in [0.15, 0.2) is 18.2 Å². The summed E-state index contributed by atoms with van der Waals surface area (Å²) in [5, 5.41) is 20.1. The molecule has 0 spiro atoms. The molecule has 0 bridgehead atoms. The summed E-state index contributed by atoms with van der Waals surface area (Å²) in [7, 11) is 0. The number of nitro groups is 1. The summed E-state index contributed by atoms with van der Waals surface area (Å²) < 4.78 is 0. The number of nitrogens with zero attached hydrogens (tertiary/aromatic N) is 2. The average molecular weight is 250 g/mol. The third kappa shape index (κ3) is 2.79. The average Bonchev–Trinajstić information content (AvgIpc) is 2.66. The summed E-state index contributed by atoms with van der Waals surface area (Å²) in [6.45, 7) is 1.77. The van der Waals surface area contributed by atoms with Crippen molar-refractivity contribution in [1.29, 1.82) is 0 Å². The van der Waals surface area contributed by atoms with Gasteiger partial charge in [-0.3, -0.25) is 10.1 Å². The zero-order valence-electron chi connectivity index (χ0n) is 10.3. The topological polar surface area (TPSA) is 66.6 Å². The second-order valence-corrected chi connectivity index (χ2v) is 4.63. The molecule has 1 fully saturated rings. The van der Waals surface area contributed by atoms with Crippen molar-refractivity contribution in [2.75, 3.05) is 18.0 Å². The third-order valence-electron chi connectivity index (χ3n) is 3.39. The van der Waals surface area contributed by atoms with Crippen LogP contribution in [0.3, 0.4) is 0 Å². The largest absolute Gasteiger partial charge is 0.392 e. The van der Waals surface area contributed by atoms with Crippen molar-refractivity contribution in [2.45, 2.75) is 32.3 Å². The van der Waals surface area contributed by atoms with E-state index >= 15 is 0 Å². The minimum atomic E-state index is -0.425. The molecule has 1 aliphatic heterocycles. The van der Waals surface area contributed by atoms with E-state index in [-0.39, 0.29) is 12.3 Å². The quantitative estimate of drug-likeness (QED) is 0.661. The minimum Gasteiger partial charge on any atom is -0.392 e. The van der Waals surface area contributed by atoms with Gasteiger partial charge in [-0.05, 0) is 18.9 Å².